The van der Waals surface area contributed by atoms with E-state index in [1.165, 1.54) is 18.3 Å². The fourth-order valence-electron chi connectivity index (χ4n) is 1.69. The molecule has 0 amide bonds. The molecule has 7 nitrogen and oxygen atoms in total. The van der Waals surface area contributed by atoms with Gasteiger partial charge < -0.3 is 8.94 Å². The normalized spacial score (nSPS) is 11.0. The lowest BCUT2D eigenvalue weighted by atomic mass is 10.2. The van der Waals surface area contributed by atoms with Crippen molar-refractivity contribution in [3.63, 3.8) is 0 Å². The minimum absolute atomic E-state index is 0.0342. The SMILES string of the molecule is O=[N+]([O-])c1ccc(/C=N/c2cc(-c3ccco3)no2)cc1. The minimum atomic E-state index is -0.451. The fraction of sp³-hybridized carbons (Fsp3) is 0. The first-order valence-electron chi connectivity index (χ1n) is 6.01. The highest BCUT2D eigenvalue weighted by atomic mass is 16.6. The standard InChI is InChI=1S/C14H9N3O4/c18-17(19)11-5-3-10(4-6-11)9-15-14-8-12(16-21-14)13-2-1-7-20-13/h1-9H/b15-9+. The Balaban J connectivity index is 1.75. The van der Waals surface area contributed by atoms with Gasteiger partial charge in [-0.05, 0) is 29.8 Å². The number of nitro benzene ring substituents is 1. The molecule has 0 aliphatic carbocycles. The van der Waals surface area contributed by atoms with E-state index in [4.69, 9.17) is 8.94 Å². The van der Waals surface area contributed by atoms with Crippen LogP contribution in [-0.4, -0.2) is 16.3 Å². The maximum atomic E-state index is 10.5. The summed E-state index contributed by atoms with van der Waals surface area (Å²) < 4.78 is 10.2. The van der Waals surface area contributed by atoms with Gasteiger partial charge >= 0.3 is 0 Å². The number of hydrogen-bond donors (Lipinski definition) is 0. The van der Waals surface area contributed by atoms with Crippen LogP contribution in [0, 0.1) is 10.1 Å². The largest absolute Gasteiger partial charge is 0.463 e. The number of nitrogens with zero attached hydrogens (tertiary/aromatic N) is 3. The Morgan fingerprint density at radius 1 is 1.24 bits per heavy atom. The molecule has 7 heteroatoms. The van der Waals surface area contributed by atoms with E-state index in [0.29, 0.717) is 17.3 Å². The first kappa shape index (κ1) is 12.8. The Hall–Kier alpha value is -3.22. The van der Waals surface area contributed by atoms with Gasteiger partial charge in [-0.15, -0.1) is 0 Å². The molecule has 3 rings (SSSR count). The molecule has 0 fully saturated rings. The summed E-state index contributed by atoms with van der Waals surface area (Å²) in [6.07, 6.45) is 3.08. The van der Waals surface area contributed by atoms with Gasteiger partial charge in [-0.1, -0.05) is 5.16 Å². The number of aromatic nitrogens is 1. The van der Waals surface area contributed by atoms with Gasteiger partial charge in [-0.3, -0.25) is 10.1 Å². The molecule has 2 heterocycles. The molecule has 0 spiro atoms. The summed E-state index contributed by atoms with van der Waals surface area (Å²) in [5.41, 5.74) is 1.30. The van der Waals surface area contributed by atoms with Crippen molar-refractivity contribution >= 4 is 17.8 Å². The zero-order valence-electron chi connectivity index (χ0n) is 10.7. The third-order valence-electron chi connectivity index (χ3n) is 2.72. The van der Waals surface area contributed by atoms with Crippen LogP contribution in [0.15, 0.2) is 62.7 Å². The summed E-state index contributed by atoms with van der Waals surface area (Å²) in [6.45, 7) is 0. The Kier molecular flexibility index (Phi) is 3.30. The second-order valence-electron chi connectivity index (χ2n) is 4.13. The molecule has 0 saturated heterocycles. The molecule has 0 unspecified atom stereocenters. The maximum absolute atomic E-state index is 10.5. The van der Waals surface area contributed by atoms with E-state index in [-0.39, 0.29) is 5.69 Å². The number of nitro groups is 1. The monoisotopic (exact) mass is 283 g/mol. The van der Waals surface area contributed by atoms with Crippen LogP contribution in [0.2, 0.25) is 0 Å². The summed E-state index contributed by atoms with van der Waals surface area (Å²) in [4.78, 5) is 14.2. The molecule has 2 aromatic heterocycles. The lowest BCUT2D eigenvalue weighted by Crippen LogP contribution is -1.88. The van der Waals surface area contributed by atoms with Gasteiger partial charge in [0.05, 0.1) is 11.2 Å². The van der Waals surface area contributed by atoms with Crippen molar-refractivity contribution in [2.24, 2.45) is 4.99 Å². The van der Waals surface area contributed by atoms with Crippen molar-refractivity contribution in [3.05, 3.63) is 64.4 Å². The van der Waals surface area contributed by atoms with E-state index < -0.39 is 4.92 Å². The van der Waals surface area contributed by atoms with Crippen LogP contribution in [0.25, 0.3) is 11.5 Å². The smallest absolute Gasteiger partial charge is 0.269 e. The quantitative estimate of drug-likeness (QED) is 0.414. The van der Waals surface area contributed by atoms with Gasteiger partial charge in [0.25, 0.3) is 11.6 Å². The first-order chi connectivity index (χ1) is 10.2. The van der Waals surface area contributed by atoms with Crippen LogP contribution in [0.1, 0.15) is 5.56 Å². The maximum Gasteiger partial charge on any atom is 0.269 e. The molecule has 21 heavy (non-hydrogen) atoms. The molecular weight excluding hydrogens is 274 g/mol. The van der Waals surface area contributed by atoms with Crippen molar-refractivity contribution in [1.82, 2.24) is 5.16 Å². The Bertz CT molecular complexity index is 773. The van der Waals surface area contributed by atoms with Crippen molar-refractivity contribution in [2.45, 2.75) is 0 Å². The van der Waals surface area contributed by atoms with E-state index in [2.05, 4.69) is 10.1 Å². The van der Waals surface area contributed by atoms with E-state index in [0.717, 1.165) is 5.56 Å². The zero-order chi connectivity index (χ0) is 14.7. The van der Waals surface area contributed by atoms with E-state index in [9.17, 15) is 10.1 Å². The summed E-state index contributed by atoms with van der Waals surface area (Å²) >= 11 is 0. The summed E-state index contributed by atoms with van der Waals surface area (Å²) in [5, 5.41) is 14.4. The molecule has 0 aliphatic heterocycles. The number of aliphatic imine (C=N–C) groups is 1. The Morgan fingerprint density at radius 2 is 2.05 bits per heavy atom. The highest BCUT2D eigenvalue weighted by molar-refractivity contribution is 5.81. The third-order valence-corrected chi connectivity index (χ3v) is 2.72. The van der Waals surface area contributed by atoms with Crippen LogP contribution in [0.5, 0.6) is 0 Å². The second kappa shape index (κ2) is 5.41. The van der Waals surface area contributed by atoms with Crippen molar-refractivity contribution in [3.8, 4) is 11.5 Å². The van der Waals surface area contributed by atoms with E-state index in [1.54, 1.807) is 36.6 Å². The van der Waals surface area contributed by atoms with Crippen LogP contribution < -0.4 is 0 Å². The van der Waals surface area contributed by atoms with Crippen LogP contribution in [-0.2, 0) is 0 Å². The van der Waals surface area contributed by atoms with Crippen molar-refractivity contribution in [1.29, 1.82) is 0 Å². The minimum Gasteiger partial charge on any atom is -0.463 e. The second-order valence-corrected chi connectivity index (χ2v) is 4.13. The number of benzene rings is 1. The summed E-state index contributed by atoms with van der Waals surface area (Å²) in [5.74, 6) is 0.912. The molecule has 1 aromatic carbocycles. The summed E-state index contributed by atoms with van der Waals surface area (Å²) in [7, 11) is 0. The molecule has 0 atom stereocenters. The third kappa shape index (κ3) is 2.86. The molecule has 0 aliphatic rings. The van der Waals surface area contributed by atoms with Crippen molar-refractivity contribution < 1.29 is 13.9 Å². The van der Waals surface area contributed by atoms with Crippen LogP contribution in [0.3, 0.4) is 0 Å². The number of rotatable bonds is 4. The van der Waals surface area contributed by atoms with Gasteiger partial charge in [0, 0.05) is 24.4 Å². The number of non-ortho nitro benzene ring substituents is 1. The number of furan rings is 1. The Labute approximate surface area is 118 Å². The predicted molar refractivity (Wildman–Crippen MR) is 74.6 cm³/mol. The molecular formula is C14H9N3O4. The van der Waals surface area contributed by atoms with Gasteiger partial charge in [-0.25, -0.2) is 4.99 Å². The topological polar surface area (TPSA) is 94.7 Å². The van der Waals surface area contributed by atoms with Crippen molar-refractivity contribution in [2.75, 3.05) is 0 Å². The molecule has 0 saturated carbocycles. The number of hydrogen-bond acceptors (Lipinski definition) is 6. The van der Waals surface area contributed by atoms with E-state index >= 15 is 0 Å². The fourth-order valence-corrected chi connectivity index (χ4v) is 1.69. The molecule has 0 radical (unpaired) electrons. The molecule has 0 N–H and O–H groups in total. The van der Waals surface area contributed by atoms with E-state index in [1.807, 2.05) is 0 Å². The van der Waals surface area contributed by atoms with Gasteiger partial charge in [0.1, 0.15) is 0 Å². The Morgan fingerprint density at radius 3 is 2.71 bits per heavy atom. The molecule has 0 bridgehead atoms. The first-order valence-corrected chi connectivity index (χ1v) is 6.01. The van der Waals surface area contributed by atoms with Gasteiger partial charge in [0.15, 0.2) is 11.5 Å². The predicted octanol–water partition coefficient (Wildman–Crippen LogP) is 3.59. The highest BCUT2D eigenvalue weighted by Gasteiger charge is 2.07. The average Bonchev–Trinajstić information content (AvgIpc) is 3.16. The lowest BCUT2D eigenvalue weighted by molar-refractivity contribution is -0.384. The van der Waals surface area contributed by atoms with Gasteiger partial charge in [0.2, 0.25) is 0 Å². The average molecular weight is 283 g/mol. The lowest BCUT2D eigenvalue weighted by Gasteiger charge is -1.92. The molecule has 104 valence electrons. The zero-order valence-corrected chi connectivity index (χ0v) is 10.7. The van der Waals surface area contributed by atoms with Crippen LogP contribution >= 0.6 is 0 Å². The van der Waals surface area contributed by atoms with Gasteiger partial charge in [-0.2, -0.15) is 0 Å². The highest BCUT2D eigenvalue weighted by Crippen LogP contribution is 2.23. The van der Waals surface area contributed by atoms with Crippen LogP contribution in [0.4, 0.5) is 11.6 Å². The summed E-state index contributed by atoms with van der Waals surface area (Å²) in [6, 6.07) is 11.2. The molecule has 3 aromatic rings.